The van der Waals surface area contributed by atoms with Crippen LogP contribution in [-0.2, 0) is 24.7 Å². The monoisotopic (exact) mass is 480 g/mol. The molecule has 1 atom stereocenters. The van der Waals surface area contributed by atoms with E-state index in [9.17, 15) is 21.6 Å². The summed E-state index contributed by atoms with van der Waals surface area (Å²) in [5.74, 6) is -0.200. The largest absolute Gasteiger partial charge is 0.349 e. The molecular weight excluding hydrogens is 452 g/mol. The molecule has 3 heterocycles. The Morgan fingerprint density at radius 1 is 1.22 bits per heavy atom. The van der Waals surface area contributed by atoms with E-state index in [4.69, 9.17) is 0 Å². The van der Waals surface area contributed by atoms with Gasteiger partial charge in [0, 0.05) is 37.8 Å². The molecule has 0 spiro atoms. The predicted octanol–water partition coefficient (Wildman–Crippen LogP) is 0.543. The highest BCUT2D eigenvalue weighted by atomic mass is 32.2. The normalized spacial score (nSPS) is 24.6. The summed E-state index contributed by atoms with van der Waals surface area (Å²) in [6.07, 6.45) is 2.07. The van der Waals surface area contributed by atoms with Gasteiger partial charge in [0.1, 0.15) is 4.90 Å². The van der Waals surface area contributed by atoms with E-state index in [1.807, 2.05) is 24.0 Å². The minimum absolute atomic E-state index is 0.0453. The lowest BCUT2D eigenvalue weighted by Crippen LogP contribution is -2.54. The number of pyridine rings is 1. The number of piperazine rings is 1. The number of carbonyl (C=O) groups excluding carboxylic acids is 1. The average Bonchev–Trinajstić information content (AvgIpc) is 2.99. The van der Waals surface area contributed by atoms with Crippen LogP contribution in [0.3, 0.4) is 0 Å². The lowest BCUT2D eigenvalue weighted by molar-refractivity contribution is -0.124. The molecule has 1 N–H and O–H groups in total. The summed E-state index contributed by atoms with van der Waals surface area (Å²) in [6.45, 7) is 5.14. The predicted molar refractivity (Wildman–Crippen MR) is 121 cm³/mol. The molecule has 174 valence electrons. The average molecular weight is 481 g/mol. The summed E-state index contributed by atoms with van der Waals surface area (Å²) in [7, 11) is -6.83. The van der Waals surface area contributed by atoms with Gasteiger partial charge in [-0.25, -0.2) is 16.8 Å². The number of fused-ring (bicyclic) bond motifs is 1. The third-order valence-corrected chi connectivity index (χ3v) is 9.90. The van der Waals surface area contributed by atoms with Crippen molar-refractivity contribution in [2.45, 2.75) is 30.7 Å². The highest BCUT2D eigenvalue weighted by Crippen LogP contribution is 2.26. The van der Waals surface area contributed by atoms with E-state index < -0.39 is 25.4 Å². The number of hydrogen-bond acceptors (Lipinski definition) is 7. The zero-order valence-corrected chi connectivity index (χ0v) is 19.9. The Morgan fingerprint density at radius 3 is 2.59 bits per heavy atom. The fraction of sp³-hybridized carbons (Fsp3) is 0.524. The van der Waals surface area contributed by atoms with Crippen molar-refractivity contribution in [3.8, 4) is 0 Å². The first-order valence-corrected chi connectivity index (χ1v) is 13.8. The second-order valence-corrected chi connectivity index (χ2v) is 13.1. The Bertz CT molecular complexity index is 1250. The SMILES string of the molecule is Cc1cnc2c(S(=O)(=O)N3CCN(CC(=O)NC4(C)CCS(=O)(=O)C4)CC3)cccc2c1. The fourth-order valence-corrected chi connectivity index (χ4v) is 8.09. The van der Waals surface area contributed by atoms with Gasteiger partial charge in [-0.05, 0) is 38.0 Å². The van der Waals surface area contributed by atoms with Gasteiger partial charge in [-0.1, -0.05) is 12.1 Å². The molecule has 0 radical (unpaired) electrons. The molecule has 2 aromatic rings. The molecular formula is C21H28N4O5S2. The van der Waals surface area contributed by atoms with Crippen LogP contribution in [0.1, 0.15) is 18.9 Å². The molecule has 2 fully saturated rings. The quantitative estimate of drug-likeness (QED) is 0.664. The van der Waals surface area contributed by atoms with Crippen LogP contribution in [0.2, 0.25) is 0 Å². The molecule has 0 bridgehead atoms. The third-order valence-electron chi connectivity index (χ3n) is 6.07. The van der Waals surface area contributed by atoms with E-state index in [1.165, 1.54) is 4.31 Å². The number of aromatic nitrogens is 1. The number of amides is 1. The van der Waals surface area contributed by atoms with Gasteiger partial charge in [-0.2, -0.15) is 4.31 Å². The number of aryl methyl sites for hydroxylation is 1. The molecule has 1 unspecified atom stereocenters. The number of benzene rings is 1. The maximum atomic E-state index is 13.3. The van der Waals surface area contributed by atoms with Gasteiger partial charge in [0.2, 0.25) is 15.9 Å². The van der Waals surface area contributed by atoms with E-state index in [0.29, 0.717) is 25.0 Å². The molecule has 1 aromatic carbocycles. The first kappa shape index (κ1) is 23.1. The summed E-state index contributed by atoms with van der Waals surface area (Å²) in [6, 6.07) is 7.06. The Kier molecular flexibility index (Phi) is 6.03. The Labute approximate surface area is 188 Å². The smallest absolute Gasteiger partial charge is 0.245 e. The Balaban J connectivity index is 1.39. The van der Waals surface area contributed by atoms with Gasteiger partial charge in [-0.15, -0.1) is 0 Å². The van der Waals surface area contributed by atoms with Crippen molar-refractivity contribution in [3.63, 3.8) is 0 Å². The summed E-state index contributed by atoms with van der Waals surface area (Å²) < 4.78 is 51.5. The van der Waals surface area contributed by atoms with Crippen molar-refractivity contribution in [1.29, 1.82) is 0 Å². The molecule has 2 aliphatic rings. The molecule has 9 nitrogen and oxygen atoms in total. The van der Waals surface area contributed by atoms with Gasteiger partial charge in [0.25, 0.3) is 0 Å². The standard InChI is InChI=1S/C21H28N4O5S2/c1-16-12-17-4-3-5-18(20(17)22-13-16)32(29,30)25-9-7-24(8-10-25)14-19(26)23-21(2)6-11-31(27,28)15-21/h3-5,12-13H,6-11,14-15H2,1-2H3,(H,23,26). The number of hydrogen-bond donors (Lipinski definition) is 1. The van der Waals surface area contributed by atoms with E-state index in [1.54, 1.807) is 25.3 Å². The molecule has 1 aromatic heterocycles. The van der Waals surface area contributed by atoms with Gasteiger partial charge in [0.15, 0.2) is 9.84 Å². The number of sulfonamides is 1. The number of rotatable bonds is 5. The van der Waals surface area contributed by atoms with Crippen molar-refractivity contribution < 1.29 is 21.6 Å². The van der Waals surface area contributed by atoms with Crippen LogP contribution in [-0.4, -0.2) is 86.7 Å². The zero-order chi connectivity index (χ0) is 23.1. The van der Waals surface area contributed by atoms with Crippen LogP contribution < -0.4 is 5.32 Å². The maximum absolute atomic E-state index is 13.3. The van der Waals surface area contributed by atoms with Crippen molar-refractivity contribution in [2.24, 2.45) is 0 Å². The number of nitrogens with zero attached hydrogens (tertiary/aromatic N) is 3. The topological polar surface area (TPSA) is 117 Å². The van der Waals surface area contributed by atoms with E-state index >= 15 is 0 Å². The van der Waals surface area contributed by atoms with Crippen LogP contribution in [0, 0.1) is 6.92 Å². The second-order valence-electron chi connectivity index (χ2n) is 8.97. The maximum Gasteiger partial charge on any atom is 0.245 e. The van der Waals surface area contributed by atoms with Crippen molar-refractivity contribution in [1.82, 2.24) is 19.5 Å². The van der Waals surface area contributed by atoms with Gasteiger partial charge in [-0.3, -0.25) is 14.7 Å². The zero-order valence-electron chi connectivity index (χ0n) is 18.2. The minimum atomic E-state index is -3.72. The molecule has 0 saturated carbocycles. The van der Waals surface area contributed by atoms with Crippen LogP contribution in [0.25, 0.3) is 10.9 Å². The van der Waals surface area contributed by atoms with Crippen LogP contribution in [0.4, 0.5) is 0 Å². The number of para-hydroxylation sites is 1. The molecule has 4 rings (SSSR count). The molecule has 2 saturated heterocycles. The van der Waals surface area contributed by atoms with Gasteiger partial charge < -0.3 is 5.32 Å². The third kappa shape index (κ3) is 4.80. The van der Waals surface area contributed by atoms with Crippen molar-refractivity contribution in [3.05, 3.63) is 36.0 Å². The first-order valence-electron chi connectivity index (χ1n) is 10.6. The van der Waals surface area contributed by atoms with Crippen LogP contribution in [0.15, 0.2) is 35.4 Å². The van der Waals surface area contributed by atoms with E-state index in [2.05, 4.69) is 10.3 Å². The van der Waals surface area contributed by atoms with Gasteiger partial charge >= 0.3 is 0 Å². The summed E-state index contributed by atoms with van der Waals surface area (Å²) >= 11 is 0. The summed E-state index contributed by atoms with van der Waals surface area (Å²) in [5, 5.41) is 3.63. The number of carbonyl (C=O) groups is 1. The Morgan fingerprint density at radius 2 is 1.94 bits per heavy atom. The minimum Gasteiger partial charge on any atom is -0.349 e. The van der Waals surface area contributed by atoms with Crippen molar-refractivity contribution >= 4 is 36.7 Å². The second kappa shape index (κ2) is 8.36. The summed E-state index contributed by atoms with van der Waals surface area (Å²) in [4.78, 5) is 18.9. The lowest BCUT2D eigenvalue weighted by atomic mass is 10.0. The van der Waals surface area contributed by atoms with Crippen molar-refractivity contribution in [2.75, 3.05) is 44.2 Å². The lowest BCUT2D eigenvalue weighted by Gasteiger charge is -2.34. The number of nitrogens with one attached hydrogen (secondary N) is 1. The van der Waals surface area contributed by atoms with E-state index in [-0.39, 0.29) is 41.9 Å². The highest BCUT2D eigenvalue weighted by Gasteiger charge is 2.39. The first-order chi connectivity index (χ1) is 15.0. The van der Waals surface area contributed by atoms with Crippen LogP contribution >= 0.6 is 0 Å². The van der Waals surface area contributed by atoms with Crippen LogP contribution in [0.5, 0.6) is 0 Å². The molecule has 1 amide bonds. The highest BCUT2D eigenvalue weighted by molar-refractivity contribution is 7.91. The number of sulfone groups is 1. The molecule has 32 heavy (non-hydrogen) atoms. The van der Waals surface area contributed by atoms with E-state index in [0.717, 1.165) is 10.9 Å². The Hall–Kier alpha value is -2.08. The summed E-state index contributed by atoms with van der Waals surface area (Å²) in [5.41, 5.74) is 0.684. The molecule has 11 heteroatoms. The van der Waals surface area contributed by atoms with Gasteiger partial charge in [0.05, 0.1) is 29.1 Å². The molecule has 0 aliphatic carbocycles. The fourth-order valence-electron chi connectivity index (χ4n) is 4.41. The molecule has 2 aliphatic heterocycles.